The average molecular weight is 162 g/mol. The molecular formula is C8H18OS. The second kappa shape index (κ2) is 3.63. The van der Waals surface area contributed by atoms with Crippen LogP contribution in [0.1, 0.15) is 34.6 Å². The largest absolute Gasteiger partial charge is 0.380 e. The molecular weight excluding hydrogens is 144 g/mol. The highest BCUT2D eigenvalue weighted by molar-refractivity contribution is 8.01. The molecule has 0 spiro atoms. The summed E-state index contributed by atoms with van der Waals surface area (Å²) < 4.78 is 0. The maximum absolute atomic E-state index is 9.40. The fourth-order valence-electron chi connectivity index (χ4n) is 0.591. The van der Waals surface area contributed by atoms with E-state index in [2.05, 4.69) is 20.8 Å². The van der Waals surface area contributed by atoms with Crippen molar-refractivity contribution >= 4 is 11.8 Å². The molecule has 0 aromatic rings. The average Bonchev–Trinajstić information content (AvgIpc) is 1.60. The molecule has 1 nitrogen and oxygen atoms in total. The van der Waals surface area contributed by atoms with Gasteiger partial charge in [0.05, 0.1) is 0 Å². The lowest BCUT2D eigenvalue weighted by atomic mass is 10.2. The fourth-order valence-corrected chi connectivity index (χ4v) is 1.77. The maximum Gasteiger partial charge on any atom is 0.105 e. The number of aliphatic hydroxyl groups is 1. The zero-order chi connectivity index (χ0) is 8.36. The minimum absolute atomic E-state index is 0.528. The van der Waals surface area contributed by atoms with Crippen molar-refractivity contribution in [3.8, 4) is 0 Å². The second-order valence-electron chi connectivity index (χ2n) is 3.51. The van der Waals surface area contributed by atoms with Crippen LogP contribution < -0.4 is 0 Å². The first-order valence-electron chi connectivity index (χ1n) is 3.73. The van der Waals surface area contributed by atoms with E-state index in [1.165, 1.54) is 0 Å². The Morgan fingerprint density at radius 1 is 1.20 bits per heavy atom. The summed E-state index contributed by atoms with van der Waals surface area (Å²) in [5.41, 5.74) is 0. The van der Waals surface area contributed by atoms with Gasteiger partial charge in [-0.2, -0.15) is 0 Å². The van der Waals surface area contributed by atoms with E-state index in [4.69, 9.17) is 0 Å². The van der Waals surface area contributed by atoms with Crippen LogP contribution in [-0.2, 0) is 0 Å². The molecule has 0 radical (unpaired) electrons. The lowest BCUT2D eigenvalue weighted by Gasteiger charge is -2.23. The molecule has 0 saturated carbocycles. The summed E-state index contributed by atoms with van der Waals surface area (Å²) in [6.45, 7) is 10.1. The quantitative estimate of drug-likeness (QED) is 0.643. The topological polar surface area (TPSA) is 20.2 Å². The van der Waals surface area contributed by atoms with Gasteiger partial charge in [-0.3, -0.25) is 0 Å². The molecule has 0 aromatic carbocycles. The minimum Gasteiger partial charge on any atom is -0.380 e. The fraction of sp³-hybridized carbons (Fsp3) is 1.00. The summed E-state index contributed by atoms with van der Waals surface area (Å²) in [7, 11) is 0. The highest BCUT2D eigenvalue weighted by Gasteiger charge is 2.19. The Morgan fingerprint density at radius 3 is 1.70 bits per heavy atom. The first-order chi connectivity index (χ1) is 4.33. The molecule has 0 rings (SSSR count). The maximum atomic E-state index is 9.40. The van der Waals surface area contributed by atoms with E-state index < -0.39 is 4.93 Å². The molecule has 0 heterocycles. The molecule has 0 bridgehead atoms. The van der Waals surface area contributed by atoms with Crippen molar-refractivity contribution in [2.45, 2.75) is 44.8 Å². The summed E-state index contributed by atoms with van der Waals surface area (Å²) in [6.07, 6.45) is 0. The van der Waals surface area contributed by atoms with Crippen LogP contribution in [0.2, 0.25) is 0 Å². The molecule has 0 fully saturated rings. The molecule has 1 N–H and O–H groups in total. The summed E-state index contributed by atoms with van der Waals surface area (Å²) in [6, 6.07) is 0. The van der Waals surface area contributed by atoms with Gasteiger partial charge >= 0.3 is 0 Å². The second-order valence-corrected chi connectivity index (χ2v) is 5.49. The molecule has 0 amide bonds. The molecule has 0 saturated heterocycles. The van der Waals surface area contributed by atoms with Crippen LogP contribution in [-0.4, -0.2) is 15.3 Å². The third-order valence-corrected chi connectivity index (χ3v) is 2.91. The van der Waals surface area contributed by atoms with E-state index in [-0.39, 0.29) is 0 Å². The van der Waals surface area contributed by atoms with E-state index in [9.17, 15) is 5.11 Å². The van der Waals surface area contributed by atoms with Crippen molar-refractivity contribution in [3.05, 3.63) is 0 Å². The van der Waals surface area contributed by atoms with Crippen LogP contribution in [0.15, 0.2) is 0 Å². The summed E-state index contributed by atoms with van der Waals surface area (Å²) in [5.74, 6) is 0.636. The Bertz CT molecular complexity index is 93.9. The SMILES string of the molecule is CC(C)C(C)SC(C)(C)O. The summed E-state index contributed by atoms with van der Waals surface area (Å²) in [4.78, 5) is -0.580. The van der Waals surface area contributed by atoms with E-state index in [1.807, 2.05) is 13.8 Å². The van der Waals surface area contributed by atoms with Crippen LogP contribution in [0, 0.1) is 5.92 Å². The Hall–Kier alpha value is 0.310. The van der Waals surface area contributed by atoms with Crippen molar-refractivity contribution in [2.24, 2.45) is 5.92 Å². The van der Waals surface area contributed by atoms with Crippen LogP contribution in [0.3, 0.4) is 0 Å². The van der Waals surface area contributed by atoms with Gasteiger partial charge in [0.15, 0.2) is 0 Å². The Morgan fingerprint density at radius 2 is 1.60 bits per heavy atom. The zero-order valence-corrected chi connectivity index (χ0v) is 8.33. The molecule has 0 aliphatic rings. The normalized spacial score (nSPS) is 15.9. The van der Waals surface area contributed by atoms with E-state index in [1.54, 1.807) is 11.8 Å². The Kier molecular flexibility index (Phi) is 3.74. The van der Waals surface area contributed by atoms with Crippen LogP contribution in [0.4, 0.5) is 0 Å². The third-order valence-electron chi connectivity index (χ3n) is 1.41. The molecule has 10 heavy (non-hydrogen) atoms. The van der Waals surface area contributed by atoms with Gasteiger partial charge in [-0.15, -0.1) is 11.8 Å². The van der Waals surface area contributed by atoms with E-state index in [0.29, 0.717) is 11.2 Å². The molecule has 0 aliphatic heterocycles. The van der Waals surface area contributed by atoms with Gasteiger partial charge in [0, 0.05) is 5.25 Å². The van der Waals surface area contributed by atoms with Crippen molar-refractivity contribution in [1.82, 2.24) is 0 Å². The minimum atomic E-state index is -0.580. The standard InChI is InChI=1S/C8H18OS/c1-6(2)7(3)10-8(4,5)9/h6-7,9H,1-5H3. The Balaban J connectivity index is 3.68. The number of hydrogen-bond acceptors (Lipinski definition) is 2. The molecule has 0 aromatic heterocycles. The van der Waals surface area contributed by atoms with Crippen molar-refractivity contribution in [3.63, 3.8) is 0 Å². The molecule has 1 atom stereocenters. The Labute approximate surface area is 68.2 Å². The van der Waals surface area contributed by atoms with Gasteiger partial charge < -0.3 is 5.11 Å². The highest BCUT2D eigenvalue weighted by atomic mass is 32.2. The monoisotopic (exact) mass is 162 g/mol. The molecule has 2 heteroatoms. The van der Waals surface area contributed by atoms with Gasteiger partial charge in [-0.05, 0) is 19.8 Å². The van der Waals surface area contributed by atoms with Gasteiger partial charge in [-0.1, -0.05) is 20.8 Å². The van der Waals surface area contributed by atoms with E-state index in [0.717, 1.165) is 0 Å². The van der Waals surface area contributed by atoms with Gasteiger partial charge in [0.1, 0.15) is 4.93 Å². The van der Waals surface area contributed by atoms with Crippen LogP contribution >= 0.6 is 11.8 Å². The number of thioether (sulfide) groups is 1. The van der Waals surface area contributed by atoms with Crippen molar-refractivity contribution in [1.29, 1.82) is 0 Å². The highest BCUT2D eigenvalue weighted by Crippen LogP contribution is 2.29. The summed E-state index contributed by atoms with van der Waals surface area (Å²) in [5, 5.41) is 9.93. The predicted octanol–water partition coefficient (Wildman–Crippen LogP) is 2.49. The lowest BCUT2D eigenvalue weighted by molar-refractivity contribution is 0.178. The van der Waals surface area contributed by atoms with Gasteiger partial charge in [0.2, 0.25) is 0 Å². The number of rotatable bonds is 3. The number of hydrogen-bond donors (Lipinski definition) is 1. The lowest BCUT2D eigenvalue weighted by Crippen LogP contribution is -2.20. The predicted molar refractivity (Wildman–Crippen MR) is 48.2 cm³/mol. The van der Waals surface area contributed by atoms with Gasteiger partial charge in [0.25, 0.3) is 0 Å². The van der Waals surface area contributed by atoms with Crippen molar-refractivity contribution < 1.29 is 5.11 Å². The molecule has 0 aliphatic carbocycles. The van der Waals surface area contributed by atoms with Crippen LogP contribution in [0.5, 0.6) is 0 Å². The van der Waals surface area contributed by atoms with Gasteiger partial charge in [-0.25, -0.2) is 0 Å². The molecule has 62 valence electrons. The summed E-state index contributed by atoms with van der Waals surface area (Å²) >= 11 is 1.62. The van der Waals surface area contributed by atoms with Crippen molar-refractivity contribution in [2.75, 3.05) is 0 Å². The first-order valence-corrected chi connectivity index (χ1v) is 4.61. The molecule has 1 unspecified atom stereocenters. The van der Waals surface area contributed by atoms with E-state index >= 15 is 0 Å². The smallest absolute Gasteiger partial charge is 0.105 e. The first kappa shape index (κ1) is 10.3. The third kappa shape index (κ3) is 5.12. The zero-order valence-electron chi connectivity index (χ0n) is 7.51. The van der Waals surface area contributed by atoms with Crippen LogP contribution in [0.25, 0.3) is 0 Å².